The van der Waals surface area contributed by atoms with Crippen LogP contribution in [0.15, 0.2) is 34.4 Å². The van der Waals surface area contributed by atoms with Crippen molar-refractivity contribution in [1.29, 1.82) is 0 Å². The minimum Gasteiger partial charge on any atom is -0.454 e. The first-order valence-corrected chi connectivity index (χ1v) is 10.9. The maximum absolute atomic E-state index is 5.64. The first-order valence-electron chi connectivity index (χ1n) is 9.90. The van der Waals surface area contributed by atoms with Crippen molar-refractivity contribution >= 4 is 22.6 Å². The van der Waals surface area contributed by atoms with Crippen molar-refractivity contribution in [2.75, 3.05) is 25.7 Å². The van der Waals surface area contributed by atoms with Gasteiger partial charge in [-0.2, -0.15) is 5.10 Å². The molecule has 1 unspecified atom stereocenters. The number of rotatable bonds is 4. The number of nitrogens with one attached hydrogen (secondary N) is 1. The molecule has 3 aliphatic heterocycles. The van der Waals surface area contributed by atoms with Crippen LogP contribution in [-0.2, 0) is 4.74 Å². The van der Waals surface area contributed by atoms with E-state index in [1.165, 1.54) is 0 Å². The smallest absolute Gasteiger partial charge is 0.231 e. The molecule has 1 aromatic heterocycles. The van der Waals surface area contributed by atoms with Crippen molar-refractivity contribution in [3.05, 3.63) is 41.2 Å². The van der Waals surface area contributed by atoms with Crippen molar-refractivity contribution < 1.29 is 14.2 Å². The summed E-state index contributed by atoms with van der Waals surface area (Å²) >= 11 is 1.69. The summed E-state index contributed by atoms with van der Waals surface area (Å²) in [5.41, 5.74) is 8.68. The largest absolute Gasteiger partial charge is 0.454 e. The highest BCUT2D eigenvalue weighted by atomic mass is 32.2. The number of nitrogens with zero attached hydrogens (tertiary/aromatic N) is 3. The van der Waals surface area contributed by atoms with Crippen LogP contribution in [0.25, 0.3) is 5.69 Å². The number of thioether (sulfide) groups is 1. The zero-order chi connectivity index (χ0) is 19.8. The molecule has 1 atom stereocenters. The van der Waals surface area contributed by atoms with Crippen LogP contribution >= 0.6 is 11.8 Å². The SMILES string of the molecule is Cc1cc(C2=NNC(=NCC3CCCO3)SC2)c(C)n1-c1ccc2c(c1)OCO2. The van der Waals surface area contributed by atoms with Crippen LogP contribution in [0.5, 0.6) is 11.5 Å². The van der Waals surface area contributed by atoms with Gasteiger partial charge in [-0.05, 0) is 44.9 Å². The minimum atomic E-state index is 0.260. The van der Waals surface area contributed by atoms with E-state index >= 15 is 0 Å². The van der Waals surface area contributed by atoms with E-state index in [0.29, 0.717) is 6.54 Å². The first-order chi connectivity index (χ1) is 14.2. The molecule has 1 N–H and O–H groups in total. The molecule has 152 valence electrons. The van der Waals surface area contributed by atoms with Gasteiger partial charge in [0.15, 0.2) is 16.7 Å². The molecular formula is C21H24N4O3S. The summed E-state index contributed by atoms with van der Waals surface area (Å²) in [4.78, 5) is 4.62. The molecule has 1 aromatic carbocycles. The van der Waals surface area contributed by atoms with E-state index in [1.54, 1.807) is 11.8 Å². The molecule has 2 aromatic rings. The molecule has 4 heterocycles. The van der Waals surface area contributed by atoms with E-state index in [9.17, 15) is 0 Å². The van der Waals surface area contributed by atoms with E-state index in [0.717, 1.165) is 70.2 Å². The number of amidine groups is 1. The Bertz CT molecular complexity index is 992. The lowest BCUT2D eigenvalue weighted by atomic mass is 10.1. The van der Waals surface area contributed by atoms with Gasteiger partial charge in [0.1, 0.15) is 0 Å². The van der Waals surface area contributed by atoms with Crippen LogP contribution in [-0.4, -0.2) is 47.2 Å². The van der Waals surface area contributed by atoms with E-state index < -0.39 is 0 Å². The van der Waals surface area contributed by atoms with Gasteiger partial charge in [-0.3, -0.25) is 10.4 Å². The van der Waals surface area contributed by atoms with Crippen molar-refractivity contribution in [1.82, 2.24) is 9.99 Å². The summed E-state index contributed by atoms with van der Waals surface area (Å²) in [5, 5.41) is 5.48. The molecule has 0 amide bonds. The Morgan fingerprint density at radius 1 is 1.24 bits per heavy atom. The number of hydrogen-bond donors (Lipinski definition) is 1. The standard InChI is InChI=1S/C21H24N4O3S/c1-13-8-17(14(2)25(13)15-5-6-19-20(9-15)28-12-27-19)18-11-29-21(24-23-18)22-10-16-4-3-7-26-16/h5-6,8-9,16H,3-4,7,10-12H2,1-2H3,(H,22,24). The van der Waals surface area contributed by atoms with Gasteiger partial charge in [-0.15, -0.1) is 0 Å². The second-order valence-corrected chi connectivity index (χ2v) is 8.36. The lowest BCUT2D eigenvalue weighted by Crippen LogP contribution is -2.26. The summed E-state index contributed by atoms with van der Waals surface area (Å²) in [6.45, 7) is 6.08. The van der Waals surface area contributed by atoms with Crippen molar-refractivity contribution in [2.24, 2.45) is 10.1 Å². The molecule has 0 aliphatic carbocycles. The fourth-order valence-electron chi connectivity index (χ4n) is 3.99. The maximum Gasteiger partial charge on any atom is 0.231 e. The van der Waals surface area contributed by atoms with Crippen LogP contribution in [0.3, 0.4) is 0 Å². The molecule has 29 heavy (non-hydrogen) atoms. The Morgan fingerprint density at radius 2 is 2.14 bits per heavy atom. The molecule has 1 saturated heterocycles. The zero-order valence-electron chi connectivity index (χ0n) is 16.6. The normalized spacial score (nSPS) is 22.1. The van der Waals surface area contributed by atoms with Gasteiger partial charge in [-0.25, -0.2) is 0 Å². The second-order valence-electron chi connectivity index (χ2n) is 7.40. The Kier molecular flexibility index (Phi) is 4.97. The predicted octanol–water partition coefficient (Wildman–Crippen LogP) is 3.40. The van der Waals surface area contributed by atoms with Gasteiger partial charge >= 0.3 is 0 Å². The number of hydrogen-bond acceptors (Lipinski definition) is 6. The van der Waals surface area contributed by atoms with Gasteiger partial charge in [0.2, 0.25) is 6.79 Å². The summed E-state index contributed by atoms with van der Waals surface area (Å²) in [6.07, 6.45) is 2.50. The molecular weight excluding hydrogens is 388 g/mol. The van der Waals surface area contributed by atoms with E-state index in [2.05, 4.69) is 46.1 Å². The monoisotopic (exact) mass is 412 g/mol. The highest BCUT2D eigenvalue weighted by Crippen LogP contribution is 2.35. The Labute approximate surface area is 174 Å². The maximum atomic E-state index is 5.64. The molecule has 7 nitrogen and oxygen atoms in total. The van der Waals surface area contributed by atoms with E-state index in [-0.39, 0.29) is 12.9 Å². The third-order valence-corrected chi connectivity index (χ3v) is 6.36. The second kappa shape index (κ2) is 7.76. The number of fused-ring (bicyclic) bond motifs is 1. The van der Waals surface area contributed by atoms with Crippen molar-refractivity contribution in [3.8, 4) is 17.2 Å². The summed E-state index contributed by atoms with van der Waals surface area (Å²) in [5.74, 6) is 2.38. The molecule has 0 saturated carbocycles. The Balaban J connectivity index is 1.36. The van der Waals surface area contributed by atoms with Gasteiger partial charge in [0.25, 0.3) is 0 Å². The van der Waals surface area contributed by atoms with Crippen LogP contribution in [0, 0.1) is 13.8 Å². The van der Waals surface area contributed by atoms with Crippen LogP contribution in [0.2, 0.25) is 0 Å². The van der Waals surface area contributed by atoms with E-state index in [4.69, 9.17) is 14.2 Å². The molecule has 1 fully saturated rings. The molecule has 3 aliphatic rings. The topological polar surface area (TPSA) is 69.4 Å². The van der Waals surface area contributed by atoms with Crippen LogP contribution in [0.4, 0.5) is 0 Å². The number of hydrazone groups is 1. The minimum absolute atomic E-state index is 0.260. The summed E-state index contributed by atoms with van der Waals surface area (Å²) in [7, 11) is 0. The number of benzene rings is 1. The number of aryl methyl sites for hydroxylation is 1. The van der Waals surface area contributed by atoms with Crippen LogP contribution < -0.4 is 14.9 Å². The molecule has 0 spiro atoms. The molecule has 8 heteroatoms. The lowest BCUT2D eigenvalue weighted by Gasteiger charge is -2.16. The average Bonchev–Trinajstić information content (AvgIpc) is 3.47. The molecule has 5 rings (SSSR count). The van der Waals surface area contributed by atoms with Crippen molar-refractivity contribution in [2.45, 2.75) is 32.8 Å². The first kappa shape index (κ1) is 18.6. The third kappa shape index (κ3) is 3.62. The van der Waals surface area contributed by atoms with Crippen LogP contribution in [0.1, 0.15) is 29.8 Å². The van der Waals surface area contributed by atoms with Gasteiger partial charge in [-0.1, -0.05) is 11.8 Å². The summed E-state index contributed by atoms with van der Waals surface area (Å²) in [6, 6.07) is 8.23. The zero-order valence-corrected chi connectivity index (χ0v) is 17.4. The number of aromatic nitrogens is 1. The van der Waals surface area contributed by atoms with E-state index in [1.807, 2.05) is 12.1 Å². The fourth-order valence-corrected chi connectivity index (χ4v) is 4.75. The van der Waals surface area contributed by atoms with Gasteiger partial charge in [0, 0.05) is 41.1 Å². The summed E-state index contributed by atoms with van der Waals surface area (Å²) < 4.78 is 18.8. The predicted molar refractivity (Wildman–Crippen MR) is 115 cm³/mol. The van der Waals surface area contributed by atoms with Gasteiger partial charge in [0.05, 0.1) is 18.4 Å². The number of aliphatic imine (C=N–C) groups is 1. The Hall–Kier alpha value is -2.45. The highest BCUT2D eigenvalue weighted by molar-refractivity contribution is 8.14. The quantitative estimate of drug-likeness (QED) is 0.834. The molecule has 0 radical (unpaired) electrons. The molecule has 0 bridgehead atoms. The highest BCUT2D eigenvalue weighted by Gasteiger charge is 2.21. The Morgan fingerprint density at radius 3 is 2.93 bits per heavy atom. The third-order valence-electron chi connectivity index (χ3n) is 5.45. The number of ether oxygens (including phenoxy) is 3. The van der Waals surface area contributed by atoms with Gasteiger partial charge < -0.3 is 18.8 Å². The lowest BCUT2D eigenvalue weighted by molar-refractivity contribution is 0.118. The average molecular weight is 413 g/mol. The van der Waals surface area contributed by atoms with Crippen molar-refractivity contribution in [3.63, 3.8) is 0 Å². The fraction of sp³-hybridized carbons (Fsp3) is 0.429.